The molecule has 0 saturated heterocycles. The summed E-state index contributed by atoms with van der Waals surface area (Å²) >= 11 is 3.38. The van der Waals surface area contributed by atoms with E-state index in [2.05, 4.69) is 56.8 Å². The summed E-state index contributed by atoms with van der Waals surface area (Å²) in [5, 5.41) is 8.65. The Morgan fingerprint density at radius 2 is 1.61 bits per heavy atom. The molecule has 0 atom stereocenters. The standard InChI is InChI=1S/C23H17BrN2O2/c1-28-22-11-10-17(24)13-20(22)23(27)26-25-14-21-18-8-4-2-6-15(18)12-16-7-3-5-9-19(16)21/h2-14H,1H3,(H,26,27)/b25-14+. The molecule has 0 bridgehead atoms. The third kappa shape index (κ3) is 3.49. The number of ether oxygens (including phenoxy) is 1. The number of nitrogens with one attached hydrogen (secondary N) is 1. The molecule has 4 rings (SSSR count). The Kier molecular flexibility index (Phi) is 5.08. The van der Waals surface area contributed by atoms with Gasteiger partial charge in [0.05, 0.1) is 18.9 Å². The van der Waals surface area contributed by atoms with Gasteiger partial charge < -0.3 is 4.74 Å². The summed E-state index contributed by atoms with van der Waals surface area (Å²) in [6, 6.07) is 23.7. The molecule has 0 heterocycles. The topological polar surface area (TPSA) is 50.7 Å². The summed E-state index contributed by atoms with van der Waals surface area (Å²) in [4.78, 5) is 12.6. The van der Waals surface area contributed by atoms with Gasteiger partial charge >= 0.3 is 0 Å². The Balaban J connectivity index is 1.71. The molecule has 0 aliphatic heterocycles. The van der Waals surface area contributed by atoms with Gasteiger partial charge in [-0.3, -0.25) is 4.79 Å². The number of nitrogens with zero attached hydrogens (tertiary/aromatic N) is 1. The molecule has 0 fully saturated rings. The molecule has 0 unspecified atom stereocenters. The maximum absolute atomic E-state index is 12.6. The number of carbonyl (C=O) groups excluding carboxylic acids is 1. The highest BCUT2D eigenvalue weighted by atomic mass is 79.9. The van der Waals surface area contributed by atoms with E-state index in [4.69, 9.17) is 4.74 Å². The quantitative estimate of drug-likeness (QED) is 0.262. The van der Waals surface area contributed by atoms with Gasteiger partial charge in [0.15, 0.2) is 0 Å². The number of carbonyl (C=O) groups is 1. The number of halogens is 1. The first-order valence-corrected chi connectivity index (χ1v) is 9.54. The molecular formula is C23H17BrN2O2. The first kappa shape index (κ1) is 18.2. The molecule has 0 aromatic heterocycles. The number of benzene rings is 4. The number of hydrogen-bond acceptors (Lipinski definition) is 3. The lowest BCUT2D eigenvalue weighted by atomic mass is 9.97. The van der Waals surface area contributed by atoms with Crippen LogP contribution in [0.1, 0.15) is 15.9 Å². The van der Waals surface area contributed by atoms with E-state index in [-0.39, 0.29) is 5.91 Å². The molecule has 138 valence electrons. The summed E-state index contributed by atoms with van der Waals surface area (Å²) in [7, 11) is 1.53. The lowest BCUT2D eigenvalue weighted by Crippen LogP contribution is -2.18. The van der Waals surface area contributed by atoms with Crippen LogP contribution >= 0.6 is 15.9 Å². The molecule has 4 aromatic rings. The Morgan fingerprint density at radius 3 is 2.25 bits per heavy atom. The van der Waals surface area contributed by atoms with Gasteiger partial charge in [0.25, 0.3) is 5.91 Å². The normalized spacial score (nSPS) is 11.2. The lowest BCUT2D eigenvalue weighted by molar-refractivity contribution is 0.0952. The fraction of sp³-hybridized carbons (Fsp3) is 0.0435. The van der Waals surface area contributed by atoms with E-state index in [0.29, 0.717) is 11.3 Å². The van der Waals surface area contributed by atoms with Gasteiger partial charge in [0.2, 0.25) is 0 Å². The number of fused-ring (bicyclic) bond motifs is 2. The smallest absolute Gasteiger partial charge is 0.275 e. The number of hydrazone groups is 1. The summed E-state index contributed by atoms with van der Waals surface area (Å²) in [6.45, 7) is 0. The van der Waals surface area contributed by atoms with Crippen LogP contribution in [0.15, 0.2) is 82.4 Å². The predicted octanol–water partition coefficient (Wildman–Crippen LogP) is 5.53. The fourth-order valence-electron chi connectivity index (χ4n) is 3.26. The Morgan fingerprint density at radius 1 is 0.964 bits per heavy atom. The number of hydrogen-bond donors (Lipinski definition) is 1. The van der Waals surface area contributed by atoms with Gasteiger partial charge in [-0.2, -0.15) is 5.10 Å². The zero-order valence-electron chi connectivity index (χ0n) is 15.1. The number of amides is 1. The highest BCUT2D eigenvalue weighted by Gasteiger charge is 2.12. The maximum atomic E-state index is 12.6. The Labute approximate surface area is 171 Å². The van der Waals surface area contributed by atoms with Crippen molar-refractivity contribution in [3.63, 3.8) is 0 Å². The summed E-state index contributed by atoms with van der Waals surface area (Å²) < 4.78 is 6.06. The van der Waals surface area contributed by atoms with Crippen molar-refractivity contribution in [2.24, 2.45) is 5.10 Å². The van der Waals surface area contributed by atoms with Crippen LogP contribution in [-0.4, -0.2) is 19.2 Å². The first-order chi connectivity index (χ1) is 13.7. The van der Waals surface area contributed by atoms with Crippen molar-refractivity contribution < 1.29 is 9.53 Å². The molecule has 0 spiro atoms. The van der Waals surface area contributed by atoms with Crippen LogP contribution in [0, 0.1) is 0 Å². The molecule has 28 heavy (non-hydrogen) atoms. The van der Waals surface area contributed by atoms with Crippen molar-refractivity contribution in [3.8, 4) is 5.75 Å². The van der Waals surface area contributed by atoms with E-state index in [1.807, 2.05) is 30.3 Å². The molecular weight excluding hydrogens is 416 g/mol. The molecule has 0 aliphatic rings. The molecule has 0 aliphatic carbocycles. The fourth-order valence-corrected chi connectivity index (χ4v) is 3.62. The van der Waals surface area contributed by atoms with E-state index in [9.17, 15) is 4.79 Å². The molecule has 1 N–H and O–H groups in total. The van der Waals surface area contributed by atoms with E-state index in [0.717, 1.165) is 31.6 Å². The van der Waals surface area contributed by atoms with Crippen LogP contribution in [0.2, 0.25) is 0 Å². The van der Waals surface area contributed by atoms with Crippen molar-refractivity contribution in [1.82, 2.24) is 5.43 Å². The van der Waals surface area contributed by atoms with Gasteiger partial charge in [0.1, 0.15) is 5.75 Å². The van der Waals surface area contributed by atoms with Crippen LogP contribution in [-0.2, 0) is 0 Å². The SMILES string of the molecule is COc1ccc(Br)cc1C(=O)N/N=C/c1c2ccccc2cc2ccccc12. The van der Waals surface area contributed by atoms with Gasteiger partial charge in [-0.1, -0.05) is 64.5 Å². The van der Waals surface area contributed by atoms with E-state index in [1.54, 1.807) is 18.3 Å². The maximum Gasteiger partial charge on any atom is 0.275 e. The highest BCUT2D eigenvalue weighted by molar-refractivity contribution is 9.10. The average molecular weight is 433 g/mol. The third-order valence-corrected chi connectivity index (χ3v) is 5.07. The lowest BCUT2D eigenvalue weighted by Gasteiger charge is -2.09. The van der Waals surface area contributed by atoms with E-state index >= 15 is 0 Å². The van der Waals surface area contributed by atoms with Crippen molar-refractivity contribution in [2.75, 3.05) is 7.11 Å². The summed E-state index contributed by atoms with van der Waals surface area (Å²) in [5.41, 5.74) is 3.99. The van der Waals surface area contributed by atoms with E-state index < -0.39 is 0 Å². The molecule has 4 nitrogen and oxygen atoms in total. The van der Waals surface area contributed by atoms with Gasteiger partial charge in [-0.25, -0.2) is 5.43 Å². The molecule has 1 amide bonds. The minimum absolute atomic E-state index is 0.334. The van der Waals surface area contributed by atoms with Crippen LogP contribution in [0.4, 0.5) is 0 Å². The van der Waals surface area contributed by atoms with Gasteiger partial charge in [0, 0.05) is 10.0 Å². The van der Waals surface area contributed by atoms with Crippen LogP contribution in [0.25, 0.3) is 21.5 Å². The van der Waals surface area contributed by atoms with E-state index in [1.165, 1.54) is 7.11 Å². The Bertz CT molecular complexity index is 1160. The summed E-state index contributed by atoms with van der Waals surface area (Å²) in [5.74, 6) is 0.158. The summed E-state index contributed by atoms with van der Waals surface area (Å²) in [6.07, 6.45) is 1.70. The van der Waals surface area contributed by atoms with Crippen molar-refractivity contribution in [2.45, 2.75) is 0 Å². The monoisotopic (exact) mass is 432 g/mol. The van der Waals surface area contributed by atoms with Gasteiger partial charge in [-0.05, 0) is 45.8 Å². The molecule has 4 aromatic carbocycles. The van der Waals surface area contributed by atoms with Crippen molar-refractivity contribution in [3.05, 3.63) is 88.4 Å². The van der Waals surface area contributed by atoms with Crippen LogP contribution in [0.3, 0.4) is 0 Å². The zero-order chi connectivity index (χ0) is 19.5. The van der Waals surface area contributed by atoms with Crippen molar-refractivity contribution in [1.29, 1.82) is 0 Å². The second-order valence-electron chi connectivity index (χ2n) is 6.28. The minimum Gasteiger partial charge on any atom is -0.496 e. The average Bonchev–Trinajstić information content (AvgIpc) is 2.73. The molecule has 5 heteroatoms. The molecule has 0 saturated carbocycles. The first-order valence-electron chi connectivity index (χ1n) is 8.75. The number of methoxy groups -OCH3 is 1. The van der Waals surface area contributed by atoms with Crippen molar-refractivity contribution >= 4 is 49.6 Å². The second-order valence-corrected chi connectivity index (χ2v) is 7.19. The van der Waals surface area contributed by atoms with Crippen LogP contribution < -0.4 is 10.2 Å². The molecule has 0 radical (unpaired) electrons. The Hall–Kier alpha value is -3.18. The largest absolute Gasteiger partial charge is 0.496 e. The second kappa shape index (κ2) is 7.82. The van der Waals surface area contributed by atoms with Gasteiger partial charge in [-0.15, -0.1) is 0 Å². The van der Waals surface area contributed by atoms with Crippen LogP contribution in [0.5, 0.6) is 5.75 Å². The predicted molar refractivity (Wildman–Crippen MR) is 117 cm³/mol. The zero-order valence-corrected chi connectivity index (χ0v) is 16.7. The third-order valence-electron chi connectivity index (χ3n) is 4.58. The highest BCUT2D eigenvalue weighted by Crippen LogP contribution is 2.27. The number of rotatable bonds is 4. The minimum atomic E-state index is -0.334.